The molecule has 0 saturated carbocycles. The molecule has 8 nitrogen and oxygen atoms in total. The van der Waals surface area contributed by atoms with Crippen molar-refractivity contribution in [2.75, 3.05) is 31.8 Å². The van der Waals surface area contributed by atoms with Crippen molar-refractivity contribution < 1.29 is 17.9 Å². The number of carbonyl (C=O) groups is 1. The molecule has 1 saturated heterocycles. The average molecular weight is 429 g/mol. The zero-order valence-electron chi connectivity index (χ0n) is 17.0. The number of methoxy groups -OCH3 is 1. The summed E-state index contributed by atoms with van der Waals surface area (Å²) in [4.78, 5) is 17.8. The number of nitrogens with zero attached hydrogens (tertiary/aromatic N) is 3. The minimum atomic E-state index is -3.09. The van der Waals surface area contributed by atoms with Crippen LogP contribution in [-0.2, 0) is 14.6 Å². The van der Waals surface area contributed by atoms with Crippen molar-refractivity contribution in [1.82, 2.24) is 20.1 Å². The summed E-state index contributed by atoms with van der Waals surface area (Å²) in [5, 5.41) is 8.11. The first-order valence-electron chi connectivity index (χ1n) is 9.82. The molecule has 30 heavy (non-hydrogen) atoms. The summed E-state index contributed by atoms with van der Waals surface area (Å²) in [6, 6.07) is 11.1. The summed E-state index contributed by atoms with van der Waals surface area (Å²) < 4.78 is 30.8. The molecule has 1 atom stereocenters. The molecule has 0 spiro atoms. The number of pyridine rings is 1. The number of aromatic nitrogens is 3. The Hall–Kier alpha value is -2.78. The van der Waals surface area contributed by atoms with Gasteiger partial charge in [-0.1, -0.05) is 30.3 Å². The zero-order valence-corrected chi connectivity index (χ0v) is 17.8. The molecule has 1 amide bonds. The van der Waals surface area contributed by atoms with Crippen LogP contribution in [0.5, 0.6) is 0 Å². The molecular weight excluding hydrogens is 404 g/mol. The largest absolute Gasteiger partial charge is 0.383 e. The predicted molar refractivity (Wildman–Crippen MR) is 114 cm³/mol. The van der Waals surface area contributed by atoms with Crippen LogP contribution in [0.25, 0.3) is 22.3 Å². The zero-order chi connectivity index (χ0) is 21.3. The fourth-order valence-corrected chi connectivity index (χ4v) is 5.53. The summed E-state index contributed by atoms with van der Waals surface area (Å²) in [5.41, 5.74) is 3.17. The maximum atomic E-state index is 13.0. The van der Waals surface area contributed by atoms with Gasteiger partial charge in [0.15, 0.2) is 15.5 Å². The summed E-state index contributed by atoms with van der Waals surface area (Å²) in [6.45, 7) is 2.61. The molecule has 1 fully saturated rings. The molecule has 1 aliphatic rings. The van der Waals surface area contributed by atoms with E-state index in [0.29, 0.717) is 47.6 Å². The number of benzene rings is 1. The molecule has 1 N–H and O–H groups in total. The molecule has 0 bridgehead atoms. The van der Waals surface area contributed by atoms with E-state index in [9.17, 15) is 13.2 Å². The molecule has 158 valence electrons. The number of aryl methyl sites for hydroxylation is 1. The topological polar surface area (TPSA) is 103 Å². The first-order valence-corrected chi connectivity index (χ1v) is 11.6. The highest BCUT2D eigenvalue weighted by Gasteiger charge is 2.32. The SMILES string of the molecule is COCCNC(=O)c1cc(-c2ccccc2)nc2c1c(C)nn2[C@H]1CCS(=O)(=O)C1. The molecule has 4 rings (SSSR count). The molecule has 1 aliphatic heterocycles. The fourth-order valence-electron chi connectivity index (χ4n) is 3.83. The van der Waals surface area contributed by atoms with Crippen LogP contribution in [0.2, 0.25) is 0 Å². The van der Waals surface area contributed by atoms with Crippen molar-refractivity contribution in [2.45, 2.75) is 19.4 Å². The van der Waals surface area contributed by atoms with E-state index >= 15 is 0 Å². The van der Waals surface area contributed by atoms with E-state index in [-0.39, 0.29) is 23.5 Å². The van der Waals surface area contributed by atoms with Crippen LogP contribution in [0.3, 0.4) is 0 Å². The van der Waals surface area contributed by atoms with E-state index < -0.39 is 9.84 Å². The van der Waals surface area contributed by atoms with Gasteiger partial charge in [0, 0.05) is 19.2 Å². The Labute approximate surface area is 175 Å². The lowest BCUT2D eigenvalue weighted by molar-refractivity contribution is 0.0938. The number of hydrogen-bond acceptors (Lipinski definition) is 6. The van der Waals surface area contributed by atoms with Crippen LogP contribution in [0.15, 0.2) is 36.4 Å². The molecule has 2 aromatic heterocycles. The van der Waals surface area contributed by atoms with Gasteiger partial charge >= 0.3 is 0 Å². The first-order chi connectivity index (χ1) is 14.4. The number of amides is 1. The number of rotatable bonds is 6. The predicted octanol–water partition coefficient (Wildman–Crippen LogP) is 2.14. The van der Waals surface area contributed by atoms with Crippen molar-refractivity contribution >= 4 is 26.8 Å². The highest BCUT2D eigenvalue weighted by Crippen LogP contribution is 2.32. The second-order valence-electron chi connectivity index (χ2n) is 7.46. The maximum absolute atomic E-state index is 13.0. The van der Waals surface area contributed by atoms with E-state index in [4.69, 9.17) is 9.72 Å². The highest BCUT2D eigenvalue weighted by atomic mass is 32.2. The molecule has 1 aromatic carbocycles. The van der Waals surface area contributed by atoms with Crippen molar-refractivity contribution in [3.8, 4) is 11.3 Å². The van der Waals surface area contributed by atoms with Crippen molar-refractivity contribution in [2.24, 2.45) is 0 Å². The minimum Gasteiger partial charge on any atom is -0.383 e. The van der Waals surface area contributed by atoms with Gasteiger partial charge in [-0.2, -0.15) is 5.10 Å². The van der Waals surface area contributed by atoms with E-state index in [1.165, 1.54) is 0 Å². The van der Waals surface area contributed by atoms with Gasteiger partial charge in [-0.05, 0) is 19.4 Å². The van der Waals surface area contributed by atoms with Crippen LogP contribution in [0, 0.1) is 6.92 Å². The normalized spacial score (nSPS) is 18.0. The van der Waals surface area contributed by atoms with Crippen LogP contribution in [-0.4, -0.2) is 60.9 Å². The summed E-state index contributed by atoms with van der Waals surface area (Å²) in [5.74, 6) is -0.0604. The van der Waals surface area contributed by atoms with Gasteiger partial charge in [0.1, 0.15) is 0 Å². The average Bonchev–Trinajstić information content (AvgIpc) is 3.27. The lowest BCUT2D eigenvalue weighted by atomic mass is 10.0. The summed E-state index contributed by atoms with van der Waals surface area (Å²) in [7, 11) is -1.51. The van der Waals surface area contributed by atoms with Gasteiger partial charge in [-0.3, -0.25) is 4.79 Å². The fraction of sp³-hybridized carbons (Fsp3) is 0.381. The second-order valence-corrected chi connectivity index (χ2v) is 9.68. The van der Waals surface area contributed by atoms with Crippen LogP contribution >= 0.6 is 0 Å². The van der Waals surface area contributed by atoms with E-state index in [1.807, 2.05) is 37.3 Å². The molecular formula is C21H24N4O4S. The Balaban J connectivity index is 1.87. The Morgan fingerprint density at radius 1 is 1.30 bits per heavy atom. The standard InChI is InChI=1S/C21H24N4O4S/c1-14-19-17(21(26)22-9-10-29-2)12-18(15-6-4-3-5-7-15)23-20(19)25(24-14)16-8-11-30(27,28)13-16/h3-7,12,16H,8-11,13H2,1-2H3,(H,22,26)/t16-/m0/s1. The smallest absolute Gasteiger partial charge is 0.252 e. The number of sulfone groups is 1. The number of hydrogen-bond donors (Lipinski definition) is 1. The van der Waals surface area contributed by atoms with Crippen molar-refractivity contribution in [3.63, 3.8) is 0 Å². The minimum absolute atomic E-state index is 0.0375. The summed E-state index contributed by atoms with van der Waals surface area (Å²) >= 11 is 0. The van der Waals surface area contributed by atoms with E-state index in [1.54, 1.807) is 17.9 Å². The quantitative estimate of drug-likeness (QED) is 0.604. The van der Waals surface area contributed by atoms with E-state index in [2.05, 4.69) is 10.4 Å². The monoisotopic (exact) mass is 428 g/mol. The number of fused-ring (bicyclic) bond motifs is 1. The van der Waals surface area contributed by atoms with Gasteiger partial charge in [0.05, 0.1) is 46.5 Å². The Morgan fingerprint density at radius 3 is 2.73 bits per heavy atom. The lowest BCUT2D eigenvalue weighted by Crippen LogP contribution is -2.27. The first kappa shape index (κ1) is 20.5. The highest BCUT2D eigenvalue weighted by molar-refractivity contribution is 7.91. The van der Waals surface area contributed by atoms with Crippen LogP contribution in [0.1, 0.15) is 28.5 Å². The maximum Gasteiger partial charge on any atom is 0.252 e. The lowest BCUT2D eigenvalue weighted by Gasteiger charge is -2.12. The Kier molecular flexibility index (Phi) is 5.57. The molecule has 0 unspecified atom stereocenters. The van der Waals surface area contributed by atoms with Crippen LogP contribution < -0.4 is 5.32 Å². The molecule has 9 heteroatoms. The third kappa shape index (κ3) is 3.95. The third-order valence-electron chi connectivity index (χ3n) is 5.30. The second kappa shape index (κ2) is 8.16. The number of ether oxygens (including phenoxy) is 1. The van der Waals surface area contributed by atoms with Gasteiger partial charge in [-0.25, -0.2) is 18.1 Å². The molecule has 0 radical (unpaired) electrons. The van der Waals surface area contributed by atoms with Crippen molar-refractivity contribution in [1.29, 1.82) is 0 Å². The number of carbonyl (C=O) groups excluding carboxylic acids is 1. The Bertz CT molecular complexity index is 1190. The van der Waals surface area contributed by atoms with Gasteiger partial charge in [0.2, 0.25) is 0 Å². The molecule has 3 heterocycles. The molecule has 0 aliphatic carbocycles. The van der Waals surface area contributed by atoms with Gasteiger partial charge < -0.3 is 10.1 Å². The van der Waals surface area contributed by atoms with E-state index in [0.717, 1.165) is 5.56 Å². The summed E-state index contributed by atoms with van der Waals surface area (Å²) in [6.07, 6.45) is 0.491. The molecule has 3 aromatic rings. The van der Waals surface area contributed by atoms with Crippen molar-refractivity contribution in [3.05, 3.63) is 47.7 Å². The third-order valence-corrected chi connectivity index (χ3v) is 7.05. The Morgan fingerprint density at radius 2 is 2.07 bits per heavy atom. The van der Waals surface area contributed by atoms with Crippen LogP contribution in [0.4, 0.5) is 0 Å². The van der Waals surface area contributed by atoms with Gasteiger partial charge in [0.25, 0.3) is 5.91 Å². The van der Waals surface area contributed by atoms with Gasteiger partial charge in [-0.15, -0.1) is 0 Å². The number of nitrogens with one attached hydrogen (secondary N) is 1.